The normalized spacial score (nSPS) is 14.5. The van der Waals surface area contributed by atoms with Crippen LogP contribution in [0.15, 0.2) is 0 Å². The molecule has 0 bridgehead atoms. The quantitative estimate of drug-likeness (QED) is 0.155. The Bertz CT molecular complexity index is 782. The minimum absolute atomic E-state index is 0.0658. The Labute approximate surface area is 192 Å². The molecule has 0 radical (unpaired) electrons. The van der Waals surface area contributed by atoms with E-state index in [9.17, 15) is 30.7 Å². The highest BCUT2D eigenvalue weighted by Gasteiger charge is 2.23. The van der Waals surface area contributed by atoms with Crippen molar-refractivity contribution in [3.05, 3.63) is 0 Å². The number of quaternary nitrogens is 2. The third-order valence-electron chi connectivity index (χ3n) is 5.12. The van der Waals surface area contributed by atoms with Gasteiger partial charge in [0.05, 0.1) is 41.3 Å². The van der Waals surface area contributed by atoms with E-state index >= 15 is 0 Å². The van der Waals surface area contributed by atoms with Crippen molar-refractivity contribution in [3.8, 4) is 0 Å². The van der Waals surface area contributed by atoms with Gasteiger partial charge in [-0.05, 0) is 12.8 Å². The summed E-state index contributed by atoms with van der Waals surface area (Å²) in [6, 6.07) is -0.107. The molecule has 1 amide bonds. The zero-order valence-electron chi connectivity index (χ0n) is 19.9. The largest absolute Gasteiger partial charge is 0.726 e. The first-order valence-corrected chi connectivity index (χ1v) is 13.1. The summed E-state index contributed by atoms with van der Waals surface area (Å²) in [6.07, 6.45) is 2.07. The first-order valence-electron chi connectivity index (χ1n) is 10.5. The summed E-state index contributed by atoms with van der Waals surface area (Å²) < 4.78 is 72.9. The maximum absolute atomic E-state index is 12.2. The summed E-state index contributed by atoms with van der Waals surface area (Å²) in [5, 5.41) is 3.04. The molecule has 0 rings (SSSR count). The van der Waals surface area contributed by atoms with Gasteiger partial charge in [-0.3, -0.25) is 13.2 Å². The summed E-state index contributed by atoms with van der Waals surface area (Å²) >= 11 is 0. The van der Waals surface area contributed by atoms with Gasteiger partial charge in [-0.15, -0.1) is 0 Å². The Morgan fingerprint density at radius 1 is 0.812 bits per heavy atom. The number of hydrogen-bond acceptors (Lipinski definition) is 9. The highest BCUT2D eigenvalue weighted by Crippen LogP contribution is 2.11. The van der Waals surface area contributed by atoms with Gasteiger partial charge in [0.15, 0.2) is 0 Å². The molecule has 0 saturated carbocycles. The van der Waals surface area contributed by atoms with Gasteiger partial charge < -0.3 is 23.4 Å². The maximum atomic E-state index is 12.2. The molecule has 0 aromatic rings. The Morgan fingerprint density at radius 2 is 1.25 bits per heavy atom. The number of rotatable bonds is 17. The minimum atomic E-state index is -4.72. The van der Waals surface area contributed by atoms with E-state index < -0.39 is 20.8 Å². The van der Waals surface area contributed by atoms with Crippen molar-refractivity contribution < 1.29 is 48.1 Å². The molecule has 0 aliphatic rings. The second-order valence-corrected chi connectivity index (χ2v) is 11.6. The third kappa shape index (κ3) is 17.7. The van der Waals surface area contributed by atoms with E-state index in [-0.39, 0.29) is 31.1 Å². The van der Waals surface area contributed by atoms with Crippen LogP contribution in [0.1, 0.15) is 33.1 Å². The van der Waals surface area contributed by atoms with Crippen LogP contribution in [0.2, 0.25) is 0 Å². The zero-order valence-corrected chi connectivity index (χ0v) is 21.5. The van der Waals surface area contributed by atoms with Crippen LogP contribution < -0.4 is 5.32 Å². The van der Waals surface area contributed by atoms with Crippen LogP contribution in [0.5, 0.6) is 0 Å². The van der Waals surface area contributed by atoms with Gasteiger partial charge >= 0.3 is 0 Å². The monoisotopic (exact) mass is 505 g/mol. The predicted octanol–water partition coefficient (Wildman–Crippen LogP) is -0.596. The molecule has 0 heterocycles. The predicted molar refractivity (Wildman–Crippen MR) is 116 cm³/mol. The highest BCUT2D eigenvalue weighted by atomic mass is 32.3. The lowest BCUT2D eigenvalue weighted by molar-refractivity contribution is -0.891. The van der Waals surface area contributed by atoms with Crippen molar-refractivity contribution in [1.29, 1.82) is 0 Å². The lowest BCUT2D eigenvalue weighted by Crippen LogP contribution is -2.47. The summed E-state index contributed by atoms with van der Waals surface area (Å²) in [4.78, 5) is 12.2. The number of nitrogens with zero attached hydrogens (tertiary/aromatic N) is 2. The smallest absolute Gasteiger partial charge is 0.222 e. The average Bonchev–Trinajstić information content (AvgIpc) is 2.56. The van der Waals surface area contributed by atoms with Crippen LogP contribution in [0.3, 0.4) is 0 Å². The molecule has 192 valence electrons. The zero-order chi connectivity index (χ0) is 25.2. The molecule has 0 saturated heterocycles. The molecule has 32 heavy (non-hydrogen) atoms. The van der Waals surface area contributed by atoms with E-state index in [0.717, 1.165) is 6.42 Å². The van der Waals surface area contributed by atoms with Crippen LogP contribution >= 0.6 is 0 Å². The van der Waals surface area contributed by atoms with E-state index in [0.29, 0.717) is 48.0 Å². The van der Waals surface area contributed by atoms with Gasteiger partial charge in [0.1, 0.15) is 26.3 Å². The van der Waals surface area contributed by atoms with Crippen molar-refractivity contribution in [2.45, 2.75) is 39.2 Å². The third-order valence-corrected chi connectivity index (χ3v) is 6.03. The fraction of sp³-hybridized carbons (Fsp3) is 0.944. The van der Waals surface area contributed by atoms with Crippen molar-refractivity contribution >= 4 is 26.7 Å². The molecule has 0 aromatic carbocycles. The fourth-order valence-corrected chi connectivity index (χ4v) is 3.48. The molecule has 0 spiro atoms. The summed E-state index contributed by atoms with van der Waals surface area (Å²) in [7, 11) is -1.88. The Morgan fingerprint density at radius 3 is 1.66 bits per heavy atom. The molecular formula is C18H39N3O9S2. The second-order valence-electron chi connectivity index (χ2n) is 9.52. The van der Waals surface area contributed by atoms with Gasteiger partial charge in [0.2, 0.25) is 26.7 Å². The standard InChI is InChI=1S/C18H39N3O9S2/c1-16(2)18(22)19-17(9-11-21(5,6)13-15-30-32(26,27)28)8-7-10-20(3,4)12-14-29-31(23,24)25/h16-17H,7-15H2,1-6H3,(H-2,19,22,23,24,25,26,27,28). The van der Waals surface area contributed by atoms with Crippen LogP contribution in [-0.4, -0.2) is 114 Å². The highest BCUT2D eigenvalue weighted by molar-refractivity contribution is 7.81. The second kappa shape index (κ2) is 13.1. The maximum Gasteiger partial charge on any atom is 0.222 e. The van der Waals surface area contributed by atoms with E-state index in [1.165, 1.54) is 0 Å². The number of likely N-dealkylation sites (N-methyl/N-ethyl adjacent to an activating group) is 2. The average molecular weight is 506 g/mol. The van der Waals surface area contributed by atoms with E-state index in [1.807, 2.05) is 28.2 Å². The van der Waals surface area contributed by atoms with Crippen molar-refractivity contribution in [3.63, 3.8) is 0 Å². The molecule has 0 fully saturated rings. The molecule has 1 atom stereocenters. The Kier molecular flexibility index (Phi) is 12.8. The van der Waals surface area contributed by atoms with Gasteiger partial charge in [0.25, 0.3) is 0 Å². The van der Waals surface area contributed by atoms with Crippen molar-refractivity contribution in [1.82, 2.24) is 5.32 Å². The summed E-state index contributed by atoms with van der Waals surface area (Å²) in [6.45, 7) is 5.17. The summed E-state index contributed by atoms with van der Waals surface area (Å²) in [5.74, 6) is -0.238. The van der Waals surface area contributed by atoms with E-state index in [4.69, 9.17) is 0 Å². The molecule has 0 aliphatic carbocycles. The Hall–Kier alpha value is -0.870. The number of amides is 1. The van der Waals surface area contributed by atoms with E-state index in [1.54, 1.807) is 13.8 Å². The minimum Gasteiger partial charge on any atom is -0.726 e. The van der Waals surface area contributed by atoms with Crippen molar-refractivity contribution in [2.24, 2.45) is 5.92 Å². The lowest BCUT2D eigenvalue weighted by atomic mass is 10.0. The van der Waals surface area contributed by atoms with E-state index in [2.05, 4.69) is 13.7 Å². The Balaban J connectivity index is 4.75. The number of carbonyl (C=O) groups excluding carboxylic acids is 1. The van der Waals surface area contributed by atoms with Crippen molar-refractivity contribution in [2.75, 3.05) is 67.6 Å². The van der Waals surface area contributed by atoms with Crippen LogP contribution in [-0.2, 0) is 34.0 Å². The number of nitrogens with one attached hydrogen (secondary N) is 1. The number of hydrogen-bond donors (Lipinski definition) is 1. The number of carbonyl (C=O) groups is 1. The van der Waals surface area contributed by atoms with Gasteiger partial charge in [-0.1, -0.05) is 13.8 Å². The summed E-state index contributed by atoms with van der Waals surface area (Å²) in [5.41, 5.74) is 0. The molecule has 1 N–H and O–H groups in total. The molecule has 14 heteroatoms. The topological polar surface area (TPSA) is 162 Å². The molecular weight excluding hydrogens is 466 g/mol. The molecule has 1 unspecified atom stereocenters. The fourth-order valence-electron chi connectivity index (χ4n) is 2.92. The first kappa shape index (κ1) is 31.1. The van der Waals surface area contributed by atoms with Gasteiger partial charge in [0, 0.05) is 18.4 Å². The van der Waals surface area contributed by atoms with Crippen LogP contribution in [0.4, 0.5) is 0 Å². The van der Waals surface area contributed by atoms with Crippen LogP contribution in [0.25, 0.3) is 0 Å². The molecule has 12 nitrogen and oxygen atoms in total. The van der Waals surface area contributed by atoms with Crippen LogP contribution in [0, 0.1) is 5.92 Å². The molecule has 0 aromatic heterocycles. The van der Waals surface area contributed by atoms with Gasteiger partial charge in [-0.25, -0.2) is 16.8 Å². The first-order chi connectivity index (χ1) is 14.3. The molecule has 0 aliphatic heterocycles. The van der Waals surface area contributed by atoms with Gasteiger partial charge in [-0.2, -0.15) is 0 Å². The lowest BCUT2D eigenvalue weighted by Gasteiger charge is -2.33. The SMILES string of the molecule is CC(C)C(=O)NC(CCC[N+](C)(C)CCOS(=O)(=O)[O-])CC[N+](C)(C)CCOS(=O)(=O)[O-].